The smallest absolute Gasteiger partial charge is 0.407 e. The number of nitrogens with one attached hydrogen (secondary N) is 1. The fourth-order valence-corrected chi connectivity index (χ4v) is 5.04. The van der Waals surface area contributed by atoms with E-state index < -0.39 is 24.0 Å². The molecule has 0 spiro atoms. The van der Waals surface area contributed by atoms with Crippen molar-refractivity contribution in [2.24, 2.45) is 5.92 Å². The number of nitrogens with zero attached hydrogens (tertiary/aromatic N) is 1. The molecule has 2 aromatic carbocycles. The molecule has 2 amide bonds. The lowest BCUT2D eigenvalue weighted by Gasteiger charge is -2.36. The van der Waals surface area contributed by atoms with E-state index in [9.17, 15) is 19.5 Å². The van der Waals surface area contributed by atoms with E-state index in [-0.39, 0.29) is 30.9 Å². The molecular weight excluding hydrogens is 420 g/mol. The Balaban J connectivity index is 1.29. The molecule has 2 aromatic rings. The maximum Gasteiger partial charge on any atom is 0.407 e. The average Bonchev–Trinajstić information content (AvgIpc) is 3.11. The predicted octanol–water partition coefficient (Wildman–Crippen LogP) is 4.02. The first-order valence-electron chi connectivity index (χ1n) is 11.5. The summed E-state index contributed by atoms with van der Waals surface area (Å²) < 4.78 is 5.56. The van der Waals surface area contributed by atoms with Gasteiger partial charge in [-0.05, 0) is 48.9 Å². The van der Waals surface area contributed by atoms with E-state index in [1.807, 2.05) is 31.2 Å². The molecule has 3 atom stereocenters. The number of benzene rings is 2. The fourth-order valence-electron chi connectivity index (χ4n) is 5.04. The van der Waals surface area contributed by atoms with Gasteiger partial charge in [-0.1, -0.05) is 48.5 Å². The number of ether oxygens (including phenoxy) is 1. The quantitative estimate of drug-likeness (QED) is 0.693. The Bertz CT molecular complexity index is 1010. The molecule has 174 valence electrons. The van der Waals surface area contributed by atoms with Gasteiger partial charge in [0.15, 0.2) is 0 Å². The van der Waals surface area contributed by atoms with Crippen LogP contribution in [0.5, 0.6) is 0 Å². The van der Waals surface area contributed by atoms with Gasteiger partial charge in [-0.15, -0.1) is 0 Å². The van der Waals surface area contributed by atoms with E-state index in [0.29, 0.717) is 19.4 Å². The Labute approximate surface area is 193 Å². The SMILES string of the molecule is C[C@H](CC(=O)N1CC[C@H](C(=O)O)C[C@@H]1C)NC(=O)OCC1c2ccccc2-c2ccccc21. The van der Waals surface area contributed by atoms with Gasteiger partial charge < -0.3 is 20.1 Å². The van der Waals surface area contributed by atoms with Gasteiger partial charge in [0, 0.05) is 31.0 Å². The number of fused-ring (bicyclic) bond motifs is 3. The number of likely N-dealkylation sites (tertiary alicyclic amines) is 1. The number of rotatable bonds is 6. The number of aliphatic carboxylic acids is 1. The number of carboxylic acids is 1. The fraction of sp³-hybridized carbons (Fsp3) is 0.423. The molecule has 2 N–H and O–H groups in total. The Morgan fingerprint density at radius 2 is 1.70 bits per heavy atom. The number of carbonyl (C=O) groups is 3. The summed E-state index contributed by atoms with van der Waals surface area (Å²) in [6.07, 6.45) is 0.510. The summed E-state index contributed by atoms with van der Waals surface area (Å²) in [6.45, 7) is 4.29. The van der Waals surface area contributed by atoms with Gasteiger partial charge in [-0.3, -0.25) is 9.59 Å². The van der Waals surface area contributed by atoms with Crippen molar-refractivity contribution in [1.29, 1.82) is 0 Å². The second kappa shape index (κ2) is 9.65. The molecule has 1 aliphatic carbocycles. The highest BCUT2D eigenvalue weighted by Gasteiger charge is 2.33. The van der Waals surface area contributed by atoms with E-state index >= 15 is 0 Å². The Morgan fingerprint density at radius 3 is 2.27 bits per heavy atom. The molecule has 2 aliphatic rings. The van der Waals surface area contributed by atoms with Crippen LogP contribution in [0.3, 0.4) is 0 Å². The standard InChI is InChI=1S/C26H30N2O5/c1-16(13-24(29)28-12-11-18(25(30)31)14-17(28)2)27-26(32)33-15-23-21-9-5-3-7-19(21)20-8-4-6-10-22(20)23/h3-10,16-18,23H,11-15H2,1-2H3,(H,27,32)(H,30,31)/t16-,17+,18+/m1/s1. The summed E-state index contributed by atoms with van der Waals surface area (Å²) >= 11 is 0. The predicted molar refractivity (Wildman–Crippen MR) is 124 cm³/mol. The van der Waals surface area contributed by atoms with Crippen molar-refractivity contribution in [2.75, 3.05) is 13.2 Å². The number of alkyl carbamates (subject to hydrolysis) is 1. The minimum absolute atomic E-state index is 0.0172. The van der Waals surface area contributed by atoms with Crippen molar-refractivity contribution in [3.05, 3.63) is 59.7 Å². The van der Waals surface area contributed by atoms with Crippen molar-refractivity contribution in [1.82, 2.24) is 10.2 Å². The van der Waals surface area contributed by atoms with Gasteiger partial charge in [0.25, 0.3) is 0 Å². The zero-order chi connectivity index (χ0) is 23.5. The van der Waals surface area contributed by atoms with E-state index in [4.69, 9.17) is 4.74 Å². The molecule has 4 rings (SSSR count). The molecule has 7 nitrogen and oxygen atoms in total. The molecule has 33 heavy (non-hydrogen) atoms. The zero-order valence-corrected chi connectivity index (χ0v) is 19.0. The number of hydrogen-bond donors (Lipinski definition) is 2. The summed E-state index contributed by atoms with van der Waals surface area (Å²) in [4.78, 5) is 38.1. The summed E-state index contributed by atoms with van der Waals surface area (Å²) in [7, 11) is 0. The van der Waals surface area contributed by atoms with Crippen LogP contribution in [0.2, 0.25) is 0 Å². The highest BCUT2D eigenvalue weighted by atomic mass is 16.5. The lowest BCUT2D eigenvalue weighted by Crippen LogP contribution is -2.48. The van der Waals surface area contributed by atoms with E-state index in [2.05, 4.69) is 29.6 Å². The lowest BCUT2D eigenvalue weighted by atomic mass is 9.91. The molecule has 0 bridgehead atoms. The summed E-state index contributed by atoms with van der Waals surface area (Å²) in [5.74, 6) is -1.31. The van der Waals surface area contributed by atoms with Gasteiger partial charge in [0.05, 0.1) is 5.92 Å². The Kier molecular flexibility index (Phi) is 6.67. The molecule has 1 fully saturated rings. The molecule has 0 aromatic heterocycles. The monoisotopic (exact) mass is 450 g/mol. The number of piperidine rings is 1. The highest BCUT2D eigenvalue weighted by Crippen LogP contribution is 2.44. The average molecular weight is 451 g/mol. The van der Waals surface area contributed by atoms with Crippen LogP contribution in [0.25, 0.3) is 11.1 Å². The third-order valence-corrected chi connectivity index (χ3v) is 6.73. The molecule has 1 aliphatic heterocycles. The number of amides is 2. The first-order chi connectivity index (χ1) is 15.8. The summed E-state index contributed by atoms with van der Waals surface area (Å²) in [5.41, 5.74) is 4.63. The maximum atomic E-state index is 12.7. The molecule has 1 heterocycles. The van der Waals surface area contributed by atoms with Crippen molar-refractivity contribution >= 4 is 18.0 Å². The van der Waals surface area contributed by atoms with Crippen molar-refractivity contribution in [3.8, 4) is 11.1 Å². The van der Waals surface area contributed by atoms with Gasteiger partial charge in [-0.25, -0.2) is 4.79 Å². The third kappa shape index (κ3) is 4.87. The minimum Gasteiger partial charge on any atom is -0.481 e. The minimum atomic E-state index is -0.806. The summed E-state index contributed by atoms with van der Waals surface area (Å²) in [5, 5.41) is 12.0. The molecule has 0 radical (unpaired) electrons. The number of hydrogen-bond acceptors (Lipinski definition) is 4. The van der Waals surface area contributed by atoms with Crippen LogP contribution in [-0.4, -0.2) is 53.2 Å². The Morgan fingerprint density at radius 1 is 1.09 bits per heavy atom. The second-order valence-electron chi connectivity index (χ2n) is 9.07. The van der Waals surface area contributed by atoms with Crippen LogP contribution in [0.1, 0.15) is 50.2 Å². The molecule has 7 heteroatoms. The van der Waals surface area contributed by atoms with Gasteiger partial charge >= 0.3 is 12.1 Å². The molecule has 0 unspecified atom stereocenters. The van der Waals surface area contributed by atoms with Gasteiger partial charge in [0.1, 0.15) is 6.61 Å². The molecule has 1 saturated heterocycles. The van der Waals surface area contributed by atoms with Crippen LogP contribution < -0.4 is 5.32 Å². The van der Waals surface area contributed by atoms with Gasteiger partial charge in [-0.2, -0.15) is 0 Å². The molecule has 0 saturated carbocycles. The van der Waals surface area contributed by atoms with Crippen LogP contribution in [0.4, 0.5) is 4.79 Å². The van der Waals surface area contributed by atoms with Crippen molar-refractivity contribution in [3.63, 3.8) is 0 Å². The van der Waals surface area contributed by atoms with Crippen LogP contribution in [0, 0.1) is 5.92 Å². The number of carbonyl (C=O) groups excluding carboxylic acids is 2. The van der Waals surface area contributed by atoms with Crippen LogP contribution in [-0.2, 0) is 14.3 Å². The summed E-state index contributed by atoms with van der Waals surface area (Å²) in [6, 6.07) is 15.8. The first kappa shape index (κ1) is 22.8. The number of carboxylic acid groups (broad SMARTS) is 1. The third-order valence-electron chi connectivity index (χ3n) is 6.73. The zero-order valence-electron chi connectivity index (χ0n) is 19.0. The first-order valence-corrected chi connectivity index (χ1v) is 11.5. The largest absolute Gasteiger partial charge is 0.481 e. The van der Waals surface area contributed by atoms with Crippen LogP contribution >= 0.6 is 0 Å². The van der Waals surface area contributed by atoms with Crippen molar-refractivity contribution < 1.29 is 24.2 Å². The second-order valence-corrected chi connectivity index (χ2v) is 9.07. The Hall–Kier alpha value is -3.35. The van der Waals surface area contributed by atoms with E-state index in [0.717, 1.165) is 11.1 Å². The normalized spacial score (nSPS) is 20.5. The van der Waals surface area contributed by atoms with Crippen molar-refractivity contribution in [2.45, 2.75) is 51.1 Å². The highest BCUT2D eigenvalue weighted by molar-refractivity contribution is 5.80. The van der Waals surface area contributed by atoms with Gasteiger partial charge in [0.2, 0.25) is 5.91 Å². The topological polar surface area (TPSA) is 95.9 Å². The van der Waals surface area contributed by atoms with E-state index in [1.165, 1.54) is 11.1 Å². The van der Waals surface area contributed by atoms with Crippen LogP contribution in [0.15, 0.2) is 48.5 Å². The lowest BCUT2D eigenvalue weighted by molar-refractivity contribution is -0.147. The van der Waals surface area contributed by atoms with E-state index in [1.54, 1.807) is 11.8 Å². The maximum absolute atomic E-state index is 12.7. The molecular formula is C26H30N2O5.